The Balaban J connectivity index is 1.78. The van der Waals surface area contributed by atoms with E-state index in [0.717, 1.165) is 16.9 Å². The molecule has 0 fully saturated rings. The summed E-state index contributed by atoms with van der Waals surface area (Å²) in [6, 6.07) is 9.32. The number of hydrogen-bond donors (Lipinski definition) is 2. The Morgan fingerprint density at radius 2 is 1.63 bits per heavy atom. The van der Waals surface area contributed by atoms with Crippen LogP contribution in [-0.2, 0) is 21.1 Å². The maximum Gasteiger partial charge on any atom is 0.274 e. The molecule has 0 aliphatic carbocycles. The number of nitrogen functional groups attached to an aromatic ring is 1. The van der Waals surface area contributed by atoms with Crippen LogP contribution in [0.4, 0.5) is 5.82 Å². The molecule has 0 atom stereocenters. The van der Waals surface area contributed by atoms with Gasteiger partial charge in [0.1, 0.15) is 11.3 Å². The molecule has 4 heterocycles. The molecule has 0 aliphatic rings. The zero-order chi connectivity index (χ0) is 25.0. The average molecular weight is 471 g/mol. The van der Waals surface area contributed by atoms with Crippen LogP contribution < -0.4 is 21.6 Å². The van der Waals surface area contributed by atoms with Crippen LogP contribution in [-0.4, -0.2) is 23.9 Å². The van der Waals surface area contributed by atoms with Gasteiger partial charge in [-0.25, -0.2) is 0 Å². The van der Waals surface area contributed by atoms with Crippen molar-refractivity contribution >= 4 is 16.7 Å². The predicted octanol–water partition coefficient (Wildman–Crippen LogP) is 3.62. The van der Waals surface area contributed by atoms with E-state index in [9.17, 15) is 9.59 Å². The smallest absolute Gasteiger partial charge is 0.274 e. The van der Waals surface area contributed by atoms with Gasteiger partial charge in [-0.3, -0.25) is 14.3 Å². The molecule has 0 bridgehead atoms. The van der Waals surface area contributed by atoms with E-state index in [1.165, 1.54) is 15.2 Å². The number of nitrogens with zero attached hydrogens (tertiary/aromatic N) is 4. The molecule has 9 heteroatoms. The van der Waals surface area contributed by atoms with Crippen molar-refractivity contribution in [1.82, 2.24) is 23.9 Å². The van der Waals surface area contributed by atoms with Crippen LogP contribution in [0.3, 0.4) is 0 Å². The van der Waals surface area contributed by atoms with Gasteiger partial charge in [0.25, 0.3) is 11.1 Å². The number of aromatic nitrogens is 5. The number of nitrogens with one attached hydrogen (secondary N) is 1. The molecule has 0 saturated heterocycles. The molecule has 9 nitrogen and oxygen atoms in total. The molecule has 3 N–H and O–H groups in total. The van der Waals surface area contributed by atoms with Gasteiger partial charge < -0.3 is 24.6 Å². The molecule has 0 saturated carbocycles. The van der Waals surface area contributed by atoms with Crippen molar-refractivity contribution in [2.45, 2.75) is 13.8 Å². The van der Waals surface area contributed by atoms with Crippen molar-refractivity contribution < 1.29 is 4.74 Å². The van der Waals surface area contributed by atoms with Crippen LogP contribution in [0.5, 0.6) is 11.5 Å². The van der Waals surface area contributed by atoms with E-state index in [1.807, 2.05) is 38.1 Å². The topological polar surface area (TPSA) is 113 Å². The molecule has 0 amide bonds. The lowest BCUT2D eigenvalue weighted by Crippen LogP contribution is -2.18. The highest BCUT2D eigenvalue weighted by Gasteiger charge is 2.20. The Hall–Kier alpha value is -4.53. The summed E-state index contributed by atoms with van der Waals surface area (Å²) in [4.78, 5) is 28.9. The molecular weight excluding hydrogens is 444 g/mol. The van der Waals surface area contributed by atoms with E-state index in [-0.39, 0.29) is 11.1 Å². The number of pyridine rings is 2. The fourth-order valence-corrected chi connectivity index (χ4v) is 4.37. The maximum absolute atomic E-state index is 13.0. The zero-order valence-corrected chi connectivity index (χ0v) is 20.2. The van der Waals surface area contributed by atoms with Crippen LogP contribution in [0.25, 0.3) is 33.3 Å². The van der Waals surface area contributed by atoms with Crippen molar-refractivity contribution in [3.63, 3.8) is 0 Å². The van der Waals surface area contributed by atoms with Crippen LogP contribution in [0.15, 0.2) is 58.5 Å². The number of para-hydroxylation sites is 1. The Kier molecular flexibility index (Phi) is 5.12. The van der Waals surface area contributed by atoms with Crippen molar-refractivity contribution in [3.05, 3.63) is 80.8 Å². The standard InChI is InChI=1S/C26H26N6O3/c1-14-7-6-8-15(2)24(14)35-21-13-30(3)22(33)10-16(21)18-11-31(4)26(34)23-17(18)9-20(28-23)19-12-32(5)29-25(19)27/h6-13,28H,1-5H3,(H2,27,29). The van der Waals surface area contributed by atoms with Gasteiger partial charge in [-0.1, -0.05) is 18.2 Å². The first-order valence-corrected chi connectivity index (χ1v) is 11.1. The molecule has 0 radical (unpaired) electrons. The number of H-pyrrole nitrogens is 1. The highest BCUT2D eigenvalue weighted by Crippen LogP contribution is 2.38. The molecule has 5 rings (SSSR count). The fraction of sp³-hybridized carbons (Fsp3) is 0.192. The van der Waals surface area contributed by atoms with Crippen molar-refractivity contribution in [1.29, 1.82) is 0 Å². The van der Waals surface area contributed by atoms with Gasteiger partial charge in [-0.15, -0.1) is 0 Å². The SMILES string of the molecule is Cc1cccc(C)c1Oc1cn(C)c(=O)cc1-c1cn(C)c(=O)c2[nH]c(-c3cn(C)nc3N)cc12. The number of fused-ring (bicyclic) bond motifs is 1. The van der Waals surface area contributed by atoms with Crippen molar-refractivity contribution in [3.8, 4) is 33.9 Å². The summed E-state index contributed by atoms with van der Waals surface area (Å²) < 4.78 is 11.0. The minimum atomic E-state index is -0.196. The lowest BCUT2D eigenvalue weighted by molar-refractivity contribution is 0.470. The van der Waals surface area contributed by atoms with E-state index in [0.29, 0.717) is 44.9 Å². The summed E-state index contributed by atoms with van der Waals surface area (Å²) in [5, 5.41) is 4.86. The highest BCUT2D eigenvalue weighted by atomic mass is 16.5. The second-order valence-corrected chi connectivity index (χ2v) is 8.86. The fourth-order valence-electron chi connectivity index (χ4n) is 4.37. The number of aromatic amines is 1. The minimum Gasteiger partial charge on any atom is -0.455 e. The first-order valence-electron chi connectivity index (χ1n) is 11.1. The Morgan fingerprint density at radius 1 is 0.914 bits per heavy atom. The van der Waals surface area contributed by atoms with Crippen molar-refractivity contribution in [2.75, 3.05) is 5.73 Å². The Labute approximate surface area is 201 Å². The third-order valence-electron chi connectivity index (χ3n) is 6.22. The van der Waals surface area contributed by atoms with E-state index in [2.05, 4.69) is 10.1 Å². The predicted molar refractivity (Wildman–Crippen MR) is 137 cm³/mol. The first kappa shape index (κ1) is 22.3. The highest BCUT2D eigenvalue weighted by molar-refractivity contribution is 5.99. The van der Waals surface area contributed by atoms with Gasteiger partial charge in [0.2, 0.25) is 0 Å². The molecule has 178 valence electrons. The van der Waals surface area contributed by atoms with E-state index in [4.69, 9.17) is 10.5 Å². The normalized spacial score (nSPS) is 11.3. The van der Waals surface area contributed by atoms with Gasteiger partial charge in [0, 0.05) is 56.1 Å². The number of anilines is 1. The molecular formula is C26H26N6O3. The van der Waals surface area contributed by atoms with Crippen LogP contribution in [0.2, 0.25) is 0 Å². The monoisotopic (exact) mass is 470 g/mol. The van der Waals surface area contributed by atoms with Gasteiger partial charge >= 0.3 is 0 Å². The Morgan fingerprint density at radius 3 is 2.29 bits per heavy atom. The summed E-state index contributed by atoms with van der Waals surface area (Å²) in [7, 11) is 5.14. The van der Waals surface area contributed by atoms with Gasteiger partial charge in [0.05, 0.1) is 17.5 Å². The van der Waals surface area contributed by atoms with E-state index in [1.54, 1.807) is 44.4 Å². The number of ether oxygens (including phenoxy) is 1. The number of aryl methyl sites for hydroxylation is 5. The Bertz CT molecular complexity index is 1710. The molecule has 0 aliphatic heterocycles. The number of hydrogen-bond acceptors (Lipinski definition) is 5. The number of nitrogens with two attached hydrogens (primary N) is 1. The van der Waals surface area contributed by atoms with Crippen LogP contribution in [0, 0.1) is 13.8 Å². The number of benzene rings is 1. The third kappa shape index (κ3) is 3.71. The summed E-state index contributed by atoms with van der Waals surface area (Å²) in [5.74, 6) is 1.59. The molecule has 35 heavy (non-hydrogen) atoms. The first-order chi connectivity index (χ1) is 16.6. The second kappa shape index (κ2) is 8.05. The second-order valence-electron chi connectivity index (χ2n) is 8.86. The lowest BCUT2D eigenvalue weighted by Gasteiger charge is -2.17. The van der Waals surface area contributed by atoms with E-state index >= 15 is 0 Å². The quantitative estimate of drug-likeness (QED) is 0.417. The average Bonchev–Trinajstić information content (AvgIpc) is 3.38. The van der Waals surface area contributed by atoms with Crippen LogP contribution in [0.1, 0.15) is 11.1 Å². The van der Waals surface area contributed by atoms with E-state index < -0.39 is 0 Å². The summed E-state index contributed by atoms with van der Waals surface area (Å²) in [6.45, 7) is 3.95. The summed E-state index contributed by atoms with van der Waals surface area (Å²) in [6.07, 6.45) is 5.19. The summed E-state index contributed by atoms with van der Waals surface area (Å²) in [5.41, 5.74) is 10.7. The minimum absolute atomic E-state index is 0.192. The molecule has 1 aromatic carbocycles. The zero-order valence-electron chi connectivity index (χ0n) is 20.2. The largest absolute Gasteiger partial charge is 0.455 e. The molecule has 0 spiro atoms. The molecule has 5 aromatic rings. The van der Waals surface area contributed by atoms with Crippen molar-refractivity contribution in [2.24, 2.45) is 21.1 Å². The molecule has 0 unspecified atom stereocenters. The van der Waals surface area contributed by atoms with Gasteiger partial charge in [0.15, 0.2) is 11.6 Å². The van der Waals surface area contributed by atoms with Gasteiger partial charge in [-0.05, 0) is 31.0 Å². The van der Waals surface area contributed by atoms with Gasteiger partial charge in [-0.2, -0.15) is 5.10 Å². The lowest BCUT2D eigenvalue weighted by atomic mass is 10.0. The van der Waals surface area contributed by atoms with Crippen LogP contribution >= 0.6 is 0 Å². The maximum atomic E-state index is 13.0. The molecule has 4 aromatic heterocycles. The third-order valence-corrected chi connectivity index (χ3v) is 6.22. The number of rotatable bonds is 4. The summed E-state index contributed by atoms with van der Waals surface area (Å²) >= 11 is 0.